The summed E-state index contributed by atoms with van der Waals surface area (Å²) in [6.07, 6.45) is 1.19. The molecule has 0 aromatic carbocycles. The molecule has 2 nitrogen and oxygen atoms in total. The van der Waals surface area contributed by atoms with Gasteiger partial charge in [-0.15, -0.1) is 11.3 Å². The molecule has 0 spiro atoms. The first kappa shape index (κ1) is 12.7. The van der Waals surface area contributed by atoms with E-state index in [9.17, 15) is 0 Å². The largest absolute Gasteiger partial charge is 0.330 e. The molecule has 1 rings (SSSR count). The summed E-state index contributed by atoms with van der Waals surface area (Å²) >= 11 is 1.85. The van der Waals surface area contributed by atoms with Crippen molar-refractivity contribution < 1.29 is 0 Å². The molecular formula is C12H22N2S. The van der Waals surface area contributed by atoms with Gasteiger partial charge in [0.2, 0.25) is 0 Å². The molecule has 0 bridgehead atoms. The number of aryl methyl sites for hydroxylation is 1. The van der Waals surface area contributed by atoms with Crippen molar-refractivity contribution in [1.29, 1.82) is 0 Å². The predicted octanol–water partition coefficient (Wildman–Crippen LogP) is 2.47. The van der Waals surface area contributed by atoms with Gasteiger partial charge in [-0.05, 0) is 56.4 Å². The van der Waals surface area contributed by atoms with Crippen LogP contribution in [0.25, 0.3) is 0 Å². The molecule has 15 heavy (non-hydrogen) atoms. The Morgan fingerprint density at radius 1 is 1.53 bits per heavy atom. The molecule has 1 unspecified atom stereocenters. The fraction of sp³-hybridized carbons (Fsp3) is 0.667. The molecule has 2 N–H and O–H groups in total. The standard InChI is InChI=1S/C12H22N2S/c1-10(8-13)4-6-14(3)9-12-11(2)5-7-15-12/h5,7,10H,4,6,8-9,13H2,1-3H3. The number of hydrogen-bond acceptors (Lipinski definition) is 3. The first-order valence-corrected chi connectivity index (χ1v) is 6.43. The minimum atomic E-state index is 0.636. The minimum Gasteiger partial charge on any atom is -0.330 e. The molecule has 3 heteroatoms. The average molecular weight is 226 g/mol. The quantitative estimate of drug-likeness (QED) is 0.807. The van der Waals surface area contributed by atoms with Crippen LogP contribution in [0.4, 0.5) is 0 Å². The second kappa shape index (κ2) is 6.26. The van der Waals surface area contributed by atoms with E-state index in [1.54, 1.807) is 0 Å². The lowest BCUT2D eigenvalue weighted by Crippen LogP contribution is -2.22. The van der Waals surface area contributed by atoms with E-state index in [0.717, 1.165) is 19.6 Å². The van der Waals surface area contributed by atoms with E-state index in [1.165, 1.54) is 16.9 Å². The van der Waals surface area contributed by atoms with Crippen molar-refractivity contribution in [3.05, 3.63) is 21.9 Å². The maximum Gasteiger partial charge on any atom is 0.0327 e. The van der Waals surface area contributed by atoms with Crippen molar-refractivity contribution in [3.63, 3.8) is 0 Å². The van der Waals surface area contributed by atoms with Gasteiger partial charge in [0.15, 0.2) is 0 Å². The molecule has 1 aromatic rings. The molecule has 0 aliphatic carbocycles. The highest BCUT2D eigenvalue weighted by Gasteiger charge is 2.06. The molecule has 86 valence electrons. The van der Waals surface area contributed by atoms with Crippen LogP contribution >= 0.6 is 11.3 Å². The highest BCUT2D eigenvalue weighted by molar-refractivity contribution is 7.10. The van der Waals surface area contributed by atoms with Gasteiger partial charge in [-0.1, -0.05) is 6.92 Å². The van der Waals surface area contributed by atoms with E-state index in [2.05, 4.69) is 37.2 Å². The van der Waals surface area contributed by atoms with Gasteiger partial charge < -0.3 is 10.6 Å². The first-order chi connectivity index (χ1) is 7.13. The van der Waals surface area contributed by atoms with E-state index < -0.39 is 0 Å². The Bertz CT molecular complexity index is 283. The molecule has 1 atom stereocenters. The monoisotopic (exact) mass is 226 g/mol. The number of thiophene rings is 1. The van der Waals surface area contributed by atoms with Crippen LogP contribution < -0.4 is 5.73 Å². The second-order valence-electron chi connectivity index (χ2n) is 4.39. The third-order valence-electron chi connectivity index (χ3n) is 2.79. The Kier molecular flexibility index (Phi) is 5.29. The maximum atomic E-state index is 5.60. The smallest absolute Gasteiger partial charge is 0.0327 e. The van der Waals surface area contributed by atoms with Crippen molar-refractivity contribution in [1.82, 2.24) is 4.90 Å². The Balaban J connectivity index is 2.30. The SMILES string of the molecule is Cc1ccsc1CN(C)CCC(C)CN. The predicted molar refractivity (Wildman–Crippen MR) is 68.2 cm³/mol. The number of rotatable bonds is 6. The fourth-order valence-electron chi connectivity index (χ4n) is 1.45. The Hall–Kier alpha value is -0.380. The fourth-order valence-corrected chi connectivity index (χ4v) is 2.43. The summed E-state index contributed by atoms with van der Waals surface area (Å²) in [6.45, 7) is 7.40. The molecule has 1 aromatic heterocycles. The summed E-state index contributed by atoms with van der Waals surface area (Å²) in [7, 11) is 2.18. The zero-order chi connectivity index (χ0) is 11.3. The molecule has 0 aliphatic heterocycles. The van der Waals surface area contributed by atoms with Crippen molar-refractivity contribution in [2.24, 2.45) is 11.7 Å². The lowest BCUT2D eigenvalue weighted by Gasteiger charge is -2.18. The minimum absolute atomic E-state index is 0.636. The van der Waals surface area contributed by atoms with Gasteiger partial charge in [-0.25, -0.2) is 0 Å². The zero-order valence-corrected chi connectivity index (χ0v) is 10.8. The molecule has 0 fully saturated rings. The molecule has 0 saturated carbocycles. The number of hydrogen-bond donors (Lipinski definition) is 1. The second-order valence-corrected chi connectivity index (χ2v) is 5.39. The summed E-state index contributed by atoms with van der Waals surface area (Å²) in [5, 5.41) is 2.17. The van der Waals surface area contributed by atoms with Crippen LogP contribution in [0.15, 0.2) is 11.4 Å². The van der Waals surface area contributed by atoms with Crippen molar-refractivity contribution >= 4 is 11.3 Å². The zero-order valence-electron chi connectivity index (χ0n) is 9.99. The molecule has 0 saturated heterocycles. The van der Waals surface area contributed by atoms with Gasteiger partial charge in [0.25, 0.3) is 0 Å². The summed E-state index contributed by atoms with van der Waals surface area (Å²) < 4.78 is 0. The van der Waals surface area contributed by atoms with E-state index in [0.29, 0.717) is 5.92 Å². The normalized spacial score (nSPS) is 13.4. The van der Waals surface area contributed by atoms with Gasteiger partial charge in [0.1, 0.15) is 0 Å². The third-order valence-corrected chi connectivity index (χ3v) is 3.80. The number of nitrogens with two attached hydrogens (primary N) is 1. The molecule has 0 amide bonds. The van der Waals surface area contributed by atoms with Gasteiger partial charge in [-0.2, -0.15) is 0 Å². The average Bonchev–Trinajstić information content (AvgIpc) is 2.61. The van der Waals surface area contributed by atoms with Crippen LogP contribution in [0, 0.1) is 12.8 Å². The highest BCUT2D eigenvalue weighted by atomic mass is 32.1. The molecule has 0 radical (unpaired) electrons. The van der Waals surface area contributed by atoms with E-state index in [-0.39, 0.29) is 0 Å². The topological polar surface area (TPSA) is 29.3 Å². The Morgan fingerprint density at radius 3 is 2.80 bits per heavy atom. The Morgan fingerprint density at radius 2 is 2.27 bits per heavy atom. The molecule has 0 aliphatic rings. The molecular weight excluding hydrogens is 204 g/mol. The van der Waals surface area contributed by atoms with Crippen LogP contribution in [0.2, 0.25) is 0 Å². The lowest BCUT2D eigenvalue weighted by molar-refractivity contribution is 0.302. The van der Waals surface area contributed by atoms with Crippen molar-refractivity contribution in [2.45, 2.75) is 26.8 Å². The van der Waals surface area contributed by atoms with Crippen LogP contribution in [0.5, 0.6) is 0 Å². The van der Waals surface area contributed by atoms with Crippen LogP contribution in [-0.2, 0) is 6.54 Å². The Labute approximate surface area is 97.1 Å². The van der Waals surface area contributed by atoms with Crippen LogP contribution in [0.3, 0.4) is 0 Å². The number of nitrogens with zero attached hydrogens (tertiary/aromatic N) is 1. The lowest BCUT2D eigenvalue weighted by atomic mass is 10.1. The van der Waals surface area contributed by atoms with Crippen molar-refractivity contribution in [2.75, 3.05) is 20.1 Å². The summed E-state index contributed by atoms with van der Waals surface area (Å²) in [5.41, 5.74) is 7.02. The highest BCUT2D eigenvalue weighted by Crippen LogP contribution is 2.17. The third kappa shape index (κ3) is 4.33. The summed E-state index contributed by atoms with van der Waals surface area (Å²) in [4.78, 5) is 3.86. The van der Waals surface area contributed by atoms with Crippen LogP contribution in [-0.4, -0.2) is 25.0 Å². The van der Waals surface area contributed by atoms with Gasteiger partial charge in [0, 0.05) is 11.4 Å². The summed E-state index contributed by atoms with van der Waals surface area (Å²) in [5.74, 6) is 0.636. The first-order valence-electron chi connectivity index (χ1n) is 5.55. The van der Waals surface area contributed by atoms with Gasteiger partial charge in [0.05, 0.1) is 0 Å². The maximum absolute atomic E-state index is 5.60. The summed E-state index contributed by atoms with van der Waals surface area (Å²) in [6, 6.07) is 2.19. The molecule has 1 heterocycles. The van der Waals surface area contributed by atoms with E-state index in [1.807, 2.05) is 11.3 Å². The van der Waals surface area contributed by atoms with Gasteiger partial charge >= 0.3 is 0 Å². The van der Waals surface area contributed by atoms with Crippen molar-refractivity contribution in [3.8, 4) is 0 Å². The van der Waals surface area contributed by atoms with Crippen LogP contribution in [0.1, 0.15) is 23.8 Å². The van der Waals surface area contributed by atoms with E-state index in [4.69, 9.17) is 5.73 Å². The van der Waals surface area contributed by atoms with Gasteiger partial charge in [-0.3, -0.25) is 0 Å². The van der Waals surface area contributed by atoms with E-state index >= 15 is 0 Å².